The summed E-state index contributed by atoms with van der Waals surface area (Å²) in [7, 11) is 0. The van der Waals surface area contributed by atoms with Gasteiger partial charge in [0, 0.05) is 18.3 Å². The number of hydrogen-bond donors (Lipinski definition) is 2. The first kappa shape index (κ1) is 14.9. The van der Waals surface area contributed by atoms with Gasteiger partial charge in [0.25, 0.3) is 0 Å². The van der Waals surface area contributed by atoms with Crippen molar-refractivity contribution < 1.29 is 14.6 Å². The first-order chi connectivity index (χ1) is 9.43. The maximum absolute atomic E-state index is 10.9. The second-order valence-electron chi connectivity index (χ2n) is 5.82. The molecule has 0 spiro atoms. The Labute approximate surface area is 120 Å². The average molecular weight is 277 g/mol. The highest BCUT2D eigenvalue weighted by Gasteiger charge is 2.31. The Morgan fingerprint density at radius 2 is 2.30 bits per heavy atom. The van der Waals surface area contributed by atoms with Gasteiger partial charge in [-0.1, -0.05) is 6.92 Å². The predicted octanol–water partition coefficient (Wildman–Crippen LogP) is 3.45. The van der Waals surface area contributed by atoms with Crippen LogP contribution in [0.15, 0.2) is 18.2 Å². The van der Waals surface area contributed by atoms with Crippen LogP contribution in [0.1, 0.15) is 49.0 Å². The SMILES string of the molecule is CCC1(C)CC(Nc2ccc(C(=O)O)cc2C)CCO1. The first-order valence-corrected chi connectivity index (χ1v) is 7.18. The van der Waals surface area contributed by atoms with Crippen LogP contribution < -0.4 is 5.32 Å². The molecule has 0 bridgehead atoms. The van der Waals surface area contributed by atoms with Gasteiger partial charge in [-0.3, -0.25) is 0 Å². The number of carboxylic acid groups (broad SMARTS) is 1. The standard InChI is InChI=1S/C16H23NO3/c1-4-16(3)10-13(7-8-20-16)17-14-6-5-12(15(18)19)9-11(14)2/h5-6,9,13,17H,4,7-8,10H2,1-3H3,(H,18,19). The number of carbonyl (C=O) groups is 1. The maximum atomic E-state index is 10.9. The number of hydrogen-bond acceptors (Lipinski definition) is 3. The minimum absolute atomic E-state index is 0.0508. The number of aryl methyl sites for hydroxylation is 1. The summed E-state index contributed by atoms with van der Waals surface area (Å²) in [5.41, 5.74) is 2.26. The van der Waals surface area contributed by atoms with Gasteiger partial charge >= 0.3 is 5.97 Å². The van der Waals surface area contributed by atoms with Gasteiger partial charge < -0.3 is 15.2 Å². The lowest BCUT2D eigenvalue weighted by Gasteiger charge is -2.38. The number of carboxylic acids is 1. The topological polar surface area (TPSA) is 58.6 Å². The van der Waals surface area contributed by atoms with E-state index in [9.17, 15) is 4.79 Å². The third-order valence-electron chi connectivity index (χ3n) is 4.18. The van der Waals surface area contributed by atoms with Gasteiger partial charge in [-0.05, 0) is 56.9 Å². The van der Waals surface area contributed by atoms with E-state index in [1.54, 1.807) is 12.1 Å². The summed E-state index contributed by atoms with van der Waals surface area (Å²) in [5, 5.41) is 12.5. The molecule has 4 heteroatoms. The zero-order valence-electron chi connectivity index (χ0n) is 12.4. The number of ether oxygens (including phenoxy) is 1. The van der Waals surface area contributed by atoms with Crippen molar-refractivity contribution in [1.29, 1.82) is 0 Å². The molecule has 110 valence electrons. The van der Waals surface area contributed by atoms with E-state index < -0.39 is 5.97 Å². The average Bonchev–Trinajstić information content (AvgIpc) is 2.41. The van der Waals surface area contributed by atoms with E-state index in [0.29, 0.717) is 11.6 Å². The van der Waals surface area contributed by atoms with Crippen LogP contribution in [0.2, 0.25) is 0 Å². The number of benzene rings is 1. The van der Waals surface area contributed by atoms with Crippen LogP contribution >= 0.6 is 0 Å². The van der Waals surface area contributed by atoms with Gasteiger partial charge in [0.2, 0.25) is 0 Å². The zero-order chi connectivity index (χ0) is 14.8. The maximum Gasteiger partial charge on any atom is 0.335 e. The third kappa shape index (κ3) is 3.31. The van der Waals surface area contributed by atoms with Gasteiger partial charge in [0.1, 0.15) is 0 Å². The third-order valence-corrected chi connectivity index (χ3v) is 4.18. The van der Waals surface area contributed by atoms with E-state index in [1.807, 2.05) is 13.0 Å². The molecule has 1 aromatic carbocycles. The number of aromatic carboxylic acids is 1. The molecule has 0 aromatic heterocycles. The van der Waals surface area contributed by atoms with E-state index in [0.717, 1.165) is 37.1 Å². The molecule has 1 aliphatic rings. The molecule has 0 radical (unpaired) electrons. The molecule has 0 saturated carbocycles. The van der Waals surface area contributed by atoms with Crippen molar-refractivity contribution in [1.82, 2.24) is 0 Å². The molecule has 2 rings (SSSR count). The van der Waals surface area contributed by atoms with Crippen molar-refractivity contribution in [2.24, 2.45) is 0 Å². The fourth-order valence-electron chi connectivity index (χ4n) is 2.68. The number of rotatable bonds is 4. The number of anilines is 1. The van der Waals surface area contributed by atoms with Crippen molar-refractivity contribution in [2.45, 2.75) is 51.7 Å². The van der Waals surface area contributed by atoms with Crippen LogP contribution in [-0.4, -0.2) is 29.3 Å². The highest BCUT2D eigenvalue weighted by molar-refractivity contribution is 5.88. The molecule has 0 amide bonds. The van der Waals surface area contributed by atoms with Crippen LogP contribution in [0, 0.1) is 6.92 Å². The summed E-state index contributed by atoms with van der Waals surface area (Å²) in [5.74, 6) is -0.885. The molecule has 20 heavy (non-hydrogen) atoms. The number of nitrogens with one attached hydrogen (secondary N) is 1. The quantitative estimate of drug-likeness (QED) is 0.885. The van der Waals surface area contributed by atoms with Crippen LogP contribution in [0.5, 0.6) is 0 Å². The fourth-order valence-corrected chi connectivity index (χ4v) is 2.68. The van der Waals surface area contributed by atoms with Crippen molar-refractivity contribution in [3.63, 3.8) is 0 Å². The van der Waals surface area contributed by atoms with E-state index >= 15 is 0 Å². The lowest BCUT2D eigenvalue weighted by molar-refractivity contribution is -0.0708. The Hall–Kier alpha value is -1.55. The van der Waals surface area contributed by atoms with Gasteiger partial charge in [-0.2, -0.15) is 0 Å². The Balaban J connectivity index is 2.08. The summed E-state index contributed by atoms with van der Waals surface area (Å²) >= 11 is 0. The van der Waals surface area contributed by atoms with Crippen molar-refractivity contribution in [3.8, 4) is 0 Å². The molecule has 4 nitrogen and oxygen atoms in total. The summed E-state index contributed by atoms with van der Waals surface area (Å²) in [6, 6.07) is 5.60. The highest BCUT2D eigenvalue weighted by Crippen LogP contribution is 2.30. The largest absolute Gasteiger partial charge is 0.478 e. The normalized spacial score (nSPS) is 26.2. The van der Waals surface area contributed by atoms with Crippen LogP contribution in [-0.2, 0) is 4.74 Å². The monoisotopic (exact) mass is 277 g/mol. The molecule has 2 atom stereocenters. The summed E-state index contributed by atoms with van der Waals surface area (Å²) in [4.78, 5) is 10.9. The molecular weight excluding hydrogens is 254 g/mol. The molecule has 1 heterocycles. The van der Waals surface area contributed by atoms with E-state index in [4.69, 9.17) is 9.84 Å². The lowest BCUT2D eigenvalue weighted by Crippen LogP contribution is -2.41. The Bertz CT molecular complexity index is 500. The van der Waals surface area contributed by atoms with Gasteiger partial charge in [0.15, 0.2) is 0 Å². The second kappa shape index (κ2) is 5.83. The molecule has 0 aliphatic carbocycles. The van der Waals surface area contributed by atoms with Crippen molar-refractivity contribution in [2.75, 3.05) is 11.9 Å². The second-order valence-corrected chi connectivity index (χ2v) is 5.82. The van der Waals surface area contributed by atoms with Gasteiger partial charge in [-0.25, -0.2) is 4.79 Å². The molecule has 1 saturated heterocycles. The minimum Gasteiger partial charge on any atom is -0.478 e. The molecule has 2 unspecified atom stereocenters. The molecule has 1 aliphatic heterocycles. The van der Waals surface area contributed by atoms with Crippen LogP contribution in [0.25, 0.3) is 0 Å². The zero-order valence-corrected chi connectivity index (χ0v) is 12.4. The summed E-state index contributed by atoms with van der Waals surface area (Å²) in [6.07, 6.45) is 2.96. The van der Waals surface area contributed by atoms with Crippen LogP contribution in [0.3, 0.4) is 0 Å². The van der Waals surface area contributed by atoms with Crippen LogP contribution in [0.4, 0.5) is 5.69 Å². The fraction of sp³-hybridized carbons (Fsp3) is 0.562. The van der Waals surface area contributed by atoms with E-state index in [-0.39, 0.29) is 5.60 Å². The first-order valence-electron chi connectivity index (χ1n) is 7.18. The lowest BCUT2D eigenvalue weighted by atomic mass is 9.89. The van der Waals surface area contributed by atoms with E-state index in [2.05, 4.69) is 19.2 Å². The minimum atomic E-state index is -0.885. The van der Waals surface area contributed by atoms with Gasteiger partial charge in [0.05, 0.1) is 11.2 Å². The van der Waals surface area contributed by atoms with Crippen molar-refractivity contribution in [3.05, 3.63) is 29.3 Å². The predicted molar refractivity (Wildman–Crippen MR) is 79.4 cm³/mol. The highest BCUT2D eigenvalue weighted by atomic mass is 16.5. The summed E-state index contributed by atoms with van der Waals surface area (Å²) < 4.78 is 5.85. The molecule has 1 aromatic rings. The molecule has 2 N–H and O–H groups in total. The smallest absolute Gasteiger partial charge is 0.335 e. The Morgan fingerprint density at radius 1 is 1.55 bits per heavy atom. The Morgan fingerprint density at radius 3 is 2.90 bits per heavy atom. The molecular formula is C16H23NO3. The Kier molecular flexibility index (Phi) is 4.33. The summed E-state index contributed by atoms with van der Waals surface area (Å²) in [6.45, 7) is 7.01. The van der Waals surface area contributed by atoms with Gasteiger partial charge in [-0.15, -0.1) is 0 Å². The van der Waals surface area contributed by atoms with E-state index in [1.165, 1.54) is 0 Å². The molecule has 1 fully saturated rings. The van der Waals surface area contributed by atoms with Crippen molar-refractivity contribution >= 4 is 11.7 Å².